The van der Waals surface area contributed by atoms with Gasteiger partial charge in [-0.15, -0.1) is 0 Å². The third-order valence-electron chi connectivity index (χ3n) is 4.00. The molecule has 26 heavy (non-hydrogen) atoms. The van der Waals surface area contributed by atoms with Crippen molar-refractivity contribution in [2.45, 2.75) is 6.92 Å². The average molecular weight is 350 g/mol. The molecule has 0 fully saturated rings. The number of nitrogen functional groups attached to an aromatic ring is 2. The van der Waals surface area contributed by atoms with E-state index in [0.717, 1.165) is 5.39 Å². The number of rotatable bonds is 3. The van der Waals surface area contributed by atoms with E-state index in [1.807, 2.05) is 6.07 Å². The molecule has 0 aliphatic rings. The summed E-state index contributed by atoms with van der Waals surface area (Å²) in [6, 6.07) is 8.08. The van der Waals surface area contributed by atoms with Crippen molar-refractivity contribution in [3.63, 3.8) is 0 Å². The number of anilines is 2. The van der Waals surface area contributed by atoms with Crippen LogP contribution >= 0.6 is 0 Å². The molecular weight excluding hydrogens is 335 g/mol. The first-order chi connectivity index (χ1) is 12.5. The lowest BCUT2D eigenvalue weighted by Gasteiger charge is -2.12. The smallest absolute Gasteiger partial charge is 0.222 e. The minimum Gasteiger partial charge on any atom is -0.453 e. The number of hydrogen-bond donors (Lipinski definition) is 3. The van der Waals surface area contributed by atoms with Gasteiger partial charge in [0.1, 0.15) is 17.2 Å². The van der Waals surface area contributed by atoms with Crippen LogP contribution in [0.2, 0.25) is 0 Å². The normalized spacial score (nSPS) is 11.0. The Kier molecular flexibility index (Phi) is 3.65. The van der Waals surface area contributed by atoms with E-state index in [-0.39, 0.29) is 17.5 Å². The molecule has 0 amide bonds. The van der Waals surface area contributed by atoms with Crippen molar-refractivity contribution in [2.24, 2.45) is 0 Å². The fourth-order valence-corrected chi connectivity index (χ4v) is 2.86. The average Bonchev–Trinajstić information content (AvgIpc) is 3.06. The van der Waals surface area contributed by atoms with Crippen LogP contribution in [0, 0.1) is 12.7 Å². The molecule has 8 heteroatoms. The lowest BCUT2D eigenvalue weighted by atomic mass is 10.0. The highest BCUT2D eigenvalue weighted by Gasteiger charge is 2.14. The van der Waals surface area contributed by atoms with Crippen LogP contribution in [0.25, 0.3) is 22.2 Å². The van der Waals surface area contributed by atoms with E-state index in [1.165, 1.54) is 6.07 Å². The molecule has 0 saturated carbocycles. The maximum absolute atomic E-state index is 14.6. The second-order valence-electron chi connectivity index (χ2n) is 5.72. The Bertz CT molecular complexity index is 1100. The number of nitrogens with zero attached hydrogens (tertiary/aromatic N) is 3. The van der Waals surface area contributed by atoms with Gasteiger partial charge < -0.3 is 21.2 Å². The molecular formula is C18H15FN6O. The molecule has 5 N–H and O–H groups in total. The number of halogens is 1. The number of aromatic nitrogens is 4. The van der Waals surface area contributed by atoms with Crippen LogP contribution in [0.1, 0.15) is 5.69 Å². The SMILES string of the molecule is Cc1nc(N)nc(N)c1-c1ccc(Oc2ccnc3[nH]ccc23)c(F)c1. The van der Waals surface area contributed by atoms with Gasteiger partial charge in [-0.3, -0.25) is 0 Å². The largest absolute Gasteiger partial charge is 0.453 e. The van der Waals surface area contributed by atoms with Gasteiger partial charge in [0.2, 0.25) is 5.95 Å². The third-order valence-corrected chi connectivity index (χ3v) is 4.00. The van der Waals surface area contributed by atoms with Gasteiger partial charge in [0.15, 0.2) is 11.6 Å². The van der Waals surface area contributed by atoms with Gasteiger partial charge in [0, 0.05) is 18.0 Å². The zero-order valence-electron chi connectivity index (χ0n) is 13.8. The Morgan fingerprint density at radius 1 is 1.08 bits per heavy atom. The third kappa shape index (κ3) is 2.67. The number of nitrogens with two attached hydrogens (primary N) is 2. The monoisotopic (exact) mass is 350 g/mol. The number of H-pyrrole nitrogens is 1. The predicted molar refractivity (Wildman–Crippen MR) is 97.2 cm³/mol. The van der Waals surface area contributed by atoms with Gasteiger partial charge in [-0.1, -0.05) is 6.07 Å². The van der Waals surface area contributed by atoms with Crippen molar-refractivity contribution in [1.82, 2.24) is 19.9 Å². The molecule has 0 saturated heterocycles. The molecule has 1 aromatic carbocycles. The first-order valence-electron chi connectivity index (χ1n) is 7.82. The van der Waals surface area contributed by atoms with Gasteiger partial charge in [0.25, 0.3) is 0 Å². The molecule has 4 aromatic rings. The number of pyridine rings is 1. The summed E-state index contributed by atoms with van der Waals surface area (Å²) in [5.41, 5.74) is 13.8. The van der Waals surface area contributed by atoms with Crippen LogP contribution in [0.3, 0.4) is 0 Å². The minimum absolute atomic E-state index is 0.0809. The minimum atomic E-state index is -0.529. The van der Waals surface area contributed by atoms with Crippen molar-refractivity contribution in [3.05, 3.63) is 54.2 Å². The Balaban J connectivity index is 1.72. The molecule has 0 radical (unpaired) electrons. The molecule has 3 aromatic heterocycles. The van der Waals surface area contributed by atoms with Crippen LogP contribution in [0.15, 0.2) is 42.7 Å². The van der Waals surface area contributed by atoms with Crippen molar-refractivity contribution < 1.29 is 9.13 Å². The van der Waals surface area contributed by atoms with E-state index in [1.54, 1.807) is 37.5 Å². The summed E-state index contributed by atoms with van der Waals surface area (Å²) >= 11 is 0. The van der Waals surface area contributed by atoms with Crippen molar-refractivity contribution in [2.75, 3.05) is 11.5 Å². The van der Waals surface area contributed by atoms with E-state index in [9.17, 15) is 4.39 Å². The topological polar surface area (TPSA) is 116 Å². The van der Waals surface area contributed by atoms with Crippen LogP contribution in [-0.2, 0) is 0 Å². The molecule has 7 nitrogen and oxygen atoms in total. The molecule has 0 spiro atoms. The number of aromatic amines is 1. The summed E-state index contributed by atoms with van der Waals surface area (Å²) < 4.78 is 20.4. The molecule has 3 heterocycles. The first-order valence-corrected chi connectivity index (χ1v) is 7.82. The lowest BCUT2D eigenvalue weighted by molar-refractivity contribution is 0.446. The molecule has 0 atom stereocenters. The highest BCUT2D eigenvalue weighted by atomic mass is 19.1. The highest BCUT2D eigenvalue weighted by molar-refractivity contribution is 5.82. The molecule has 4 rings (SSSR count). The Morgan fingerprint density at radius 2 is 1.92 bits per heavy atom. The number of benzene rings is 1. The van der Waals surface area contributed by atoms with Gasteiger partial charge >= 0.3 is 0 Å². The summed E-state index contributed by atoms with van der Waals surface area (Å²) in [7, 11) is 0. The fraction of sp³-hybridized carbons (Fsp3) is 0.0556. The number of nitrogens with one attached hydrogen (secondary N) is 1. The van der Waals surface area contributed by atoms with Gasteiger partial charge in [-0.2, -0.15) is 4.98 Å². The van der Waals surface area contributed by atoms with Gasteiger partial charge in [-0.05, 0) is 36.8 Å². The van der Waals surface area contributed by atoms with Gasteiger partial charge in [0.05, 0.1) is 11.1 Å². The van der Waals surface area contributed by atoms with E-state index < -0.39 is 5.82 Å². The zero-order chi connectivity index (χ0) is 18.3. The standard InChI is InChI=1S/C18H15FN6O/c1-9-15(16(20)25-18(21)24-9)10-2-3-14(12(19)8-10)26-13-5-7-23-17-11(13)4-6-22-17/h2-8H,1H3,(H,22,23)(H4,20,21,24,25). The predicted octanol–water partition coefficient (Wildman–Crippen LogP) is 3.42. The van der Waals surface area contributed by atoms with Crippen LogP contribution in [0.4, 0.5) is 16.2 Å². The molecule has 130 valence electrons. The number of ether oxygens (including phenoxy) is 1. The Morgan fingerprint density at radius 3 is 2.69 bits per heavy atom. The van der Waals surface area contributed by atoms with Crippen LogP contribution < -0.4 is 16.2 Å². The lowest BCUT2D eigenvalue weighted by Crippen LogP contribution is -2.04. The van der Waals surface area contributed by atoms with Crippen LogP contribution in [0.5, 0.6) is 11.5 Å². The maximum atomic E-state index is 14.6. The summed E-state index contributed by atoms with van der Waals surface area (Å²) in [6.07, 6.45) is 3.34. The maximum Gasteiger partial charge on any atom is 0.222 e. The fourth-order valence-electron chi connectivity index (χ4n) is 2.86. The summed E-state index contributed by atoms with van der Waals surface area (Å²) in [5.74, 6) is 0.353. The second kappa shape index (κ2) is 5.99. The summed E-state index contributed by atoms with van der Waals surface area (Å²) in [5, 5.41) is 0.767. The van der Waals surface area contributed by atoms with E-state index in [0.29, 0.717) is 28.2 Å². The zero-order valence-corrected chi connectivity index (χ0v) is 13.8. The van der Waals surface area contributed by atoms with E-state index in [2.05, 4.69) is 19.9 Å². The van der Waals surface area contributed by atoms with Crippen molar-refractivity contribution >= 4 is 22.8 Å². The van der Waals surface area contributed by atoms with E-state index in [4.69, 9.17) is 16.2 Å². The number of hydrogen-bond acceptors (Lipinski definition) is 6. The summed E-state index contributed by atoms with van der Waals surface area (Å²) in [6.45, 7) is 1.74. The number of aryl methyl sites for hydroxylation is 1. The summed E-state index contributed by atoms with van der Waals surface area (Å²) in [4.78, 5) is 15.2. The molecule has 0 bridgehead atoms. The molecule has 0 unspecified atom stereocenters. The quantitative estimate of drug-likeness (QED) is 0.521. The van der Waals surface area contributed by atoms with E-state index >= 15 is 0 Å². The number of fused-ring (bicyclic) bond motifs is 1. The first kappa shape index (κ1) is 15.8. The highest BCUT2D eigenvalue weighted by Crippen LogP contribution is 2.34. The van der Waals surface area contributed by atoms with Gasteiger partial charge in [-0.25, -0.2) is 14.4 Å². The second-order valence-corrected chi connectivity index (χ2v) is 5.72. The Hall–Kier alpha value is -3.68. The van der Waals surface area contributed by atoms with Crippen LogP contribution in [-0.4, -0.2) is 19.9 Å². The van der Waals surface area contributed by atoms with Crippen molar-refractivity contribution in [3.8, 4) is 22.6 Å². The molecule has 0 aliphatic heterocycles. The van der Waals surface area contributed by atoms with Crippen molar-refractivity contribution in [1.29, 1.82) is 0 Å². The Labute approximate surface area is 147 Å². The molecule has 0 aliphatic carbocycles.